The van der Waals surface area contributed by atoms with Crippen LogP contribution in [0.15, 0.2) is 35.9 Å². The molecule has 0 atom stereocenters. The van der Waals surface area contributed by atoms with Crippen molar-refractivity contribution in [3.05, 3.63) is 68.7 Å². The normalized spacial score (nSPS) is 15.5. The van der Waals surface area contributed by atoms with E-state index in [1.807, 2.05) is 19.0 Å². The number of carbonyl (C=O) groups is 2. The molecule has 2 aromatic carbocycles. The highest BCUT2D eigenvalue weighted by molar-refractivity contribution is 6.40. The molecule has 0 unspecified atom stereocenters. The number of benzene rings is 2. The predicted molar refractivity (Wildman–Crippen MR) is 123 cm³/mol. The summed E-state index contributed by atoms with van der Waals surface area (Å²) in [4.78, 5) is 28.4. The van der Waals surface area contributed by atoms with Crippen molar-refractivity contribution in [3.63, 3.8) is 0 Å². The molecule has 170 valence electrons. The Bertz CT molecular complexity index is 1050. The summed E-state index contributed by atoms with van der Waals surface area (Å²) in [5.74, 6) is -1.84. The van der Waals surface area contributed by atoms with E-state index in [1.54, 1.807) is 6.08 Å². The number of rotatable bonds is 6. The summed E-state index contributed by atoms with van der Waals surface area (Å²) < 4.78 is 27.2. The van der Waals surface area contributed by atoms with Gasteiger partial charge in [-0.1, -0.05) is 29.3 Å². The number of nitrogens with zero attached hydrogens (tertiary/aromatic N) is 2. The van der Waals surface area contributed by atoms with Crippen molar-refractivity contribution in [3.8, 4) is 0 Å². The van der Waals surface area contributed by atoms with Crippen LogP contribution in [0.25, 0.3) is 6.08 Å². The number of likely N-dealkylation sites (N-methyl/N-ethyl adjacent to an activating group) is 1. The van der Waals surface area contributed by atoms with E-state index < -0.39 is 11.6 Å². The second-order valence-corrected chi connectivity index (χ2v) is 8.61. The van der Waals surface area contributed by atoms with Crippen LogP contribution < -0.4 is 10.2 Å². The Kier molecular flexibility index (Phi) is 7.87. The quantitative estimate of drug-likeness (QED) is 0.646. The molecule has 1 heterocycles. The highest BCUT2D eigenvalue weighted by atomic mass is 35.5. The Hall–Kier alpha value is -2.48. The summed E-state index contributed by atoms with van der Waals surface area (Å²) in [7, 11) is 3.80. The van der Waals surface area contributed by atoms with E-state index in [1.165, 1.54) is 29.2 Å². The zero-order chi connectivity index (χ0) is 23.4. The lowest BCUT2D eigenvalue weighted by Crippen LogP contribution is -2.37. The molecule has 0 saturated carbocycles. The Balaban J connectivity index is 1.83. The lowest BCUT2D eigenvalue weighted by atomic mass is 10.00. The van der Waals surface area contributed by atoms with Crippen molar-refractivity contribution in [2.45, 2.75) is 12.8 Å². The largest absolute Gasteiger partial charge is 0.351 e. The van der Waals surface area contributed by atoms with Crippen molar-refractivity contribution < 1.29 is 18.4 Å². The van der Waals surface area contributed by atoms with Gasteiger partial charge in [0.15, 0.2) is 0 Å². The molecule has 3 rings (SSSR count). The molecule has 9 heteroatoms. The minimum absolute atomic E-state index is 0.156. The van der Waals surface area contributed by atoms with Gasteiger partial charge in [-0.3, -0.25) is 9.59 Å². The van der Waals surface area contributed by atoms with Crippen LogP contribution in [-0.2, 0) is 4.79 Å². The fourth-order valence-electron chi connectivity index (χ4n) is 3.38. The van der Waals surface area contributed by atoms with Gasteiger partial charge < -0.3 is 15.1 Å². The molecule has 32 heavy (non-hydrogen) atoms. The minimum atomic E-state index is -0.679. The summed E-state index contributed by atoms with van der Waals surface area (Å²) in [5, 5.41) is 3.12. The monoisotopic (exact) mass is 481 g/mol. The van der Waals surface area contributed by atoms with E-state index in [2.05, 4.69) is 5.32 Å². The number of nitrogens with one attached hydrogen (secondary N) is 1. The molecule has 1 aliphatic rings. The van der Waals surface area contributed by atoms with Gasteiger partial charge in [-0.2, -0.15) is 0 Å². The van der Waals surface area contributed by atoms with Crippen molar-refractivity contribution in [2.24, 2.45) is 0 Å². The number of halogens is 4. The minimum Gasteiger partial charge on any atom is -0.351 e. The number of piperidine rings is 1. The molecular formula is C23H23Cl2F2N3O2. The van der Waals surface area contributed by atoms with E-state index in [9.17, 15) is 18.4 Å². The first kappa shape index (κ1) is 24.2. The molecule has 0 bridgehead atoms. The SMILES string of the molecule is CN(C)CCNC(=O)c1cc(Cl)c(N2C/C(=C/c3ccc(F)cc3F)CCC2=O)c(Cl)c1. The third-order valence-corrected chi connectivity index (χ3v) is 5.61. The maximum atomic E-state index is 14.0. The second-order valence-electron chi connectivity index (χ2n) is 7.80. The van der Waals surface area contributed by atoms with Crippen LogP contribution in [0.4, 0.5) is 14.5 Å². The first-order valence-corrected chi connectivity index (χ1v) is 10.8. The van der Waals surface area contributed by atoms with Gasteiger partial charge in [0.1, 0.15) is 11.6 Å². The molecule has 0 spiro atoms. The van der Waals surface area contributed by atoms with Gasteiger partial charge in [-0.15, -0.1) is 0 Å². The smallest absolute Gasteiger partial charge is 0.251 e. The molecular weight excluding hydrogens is 459 g/mol. The third-order valence-electron chi connectivity index (χ3n) is 5.04. The molecule has 2 aromatic rings. The van der Waals surface area contributed by atoms with Crippen LogP contribution in [-0.4, -0.2) is 50.4 Å². The fraction of sp³-hybridized carbons (Fsp3) is 0.304. The van der Waals surface area contributed by atoms with Gasteiger partial charge in [-0.25, -0.2) is 8.78 Å². The first-order chi connectivity index (χ1) is 15.2. The zero-order valence-electron chi connectivity index (χ0n) is 17.7. The van der Waals surface area contributed by atoms with Crippen molar-refractivity contribution in [1.29, 1.82) is 0 Å². The maximum absolute atomic E-state index is 14.0. The van der Waals surface area contributed by atoms with Gasteiger partial charge in [0.05, 0.1) is 15.7 Å². The Labute approximate surface area is 195 Å². The second kappa shape index (κ2) is 10.4. The number of amides is 2. The molecule has 1 aliphatic heterocycles. The Morgan fingerprint density at radius 3 is 2.47 bits per heavy atom. The predicted octanol–water partition coefficient (Wildman–Crippen LogP) is 4.77. The number of hydrogen-bond donors (Lipinski definition) is 1. The van der Waals surface area contributed by atoms with Gasteiger partial charge in [0.25, 0.3) is 5.91 Å². The van der Waals surface area contributed by atoms with Crippen LogP contribution in [0.5, 0.6) is 0 Å². The van der Waals surface area contributed by atoms with Gasteiger partial charge >= 0.3 is 0 Å². The molecule has 1 N–H and O–H groups in total. The first-order valence-electron chi connectivity index (χ1n) is 10.0. The molecule has 1 fully saturated rings. The topological polar surface area (TPSA) is 52.7 Å². The van der Waals surface area contributed by atoms with Crippen LogP contribution in [0.2, 0.25) is 10.0 Å². The summed E-state index contributed by atoms with van der Waals surface area (Å²) in [6.45, 7) is 1.29. The molecule has 0 radical (unpaired) electrons. The third kappa shape index (κ3) is 5.85. The van der Waals surface area contributed by atoms with Crippen molar-refractivity contribution >= 4 is 46.8 Å². The van der Waals surface area contributed by atoms with Crippen molar-refractivity contribution in [1.82, 2.24) is 10.2 Å². The number of anilines is 1. The molecule has 5 nitrogen and oxygen atoms in total. The van der Waals surface area contributed by atoms with E-state index in [4.69, 9.17) is 23.2 Å². The van der Waals surface area contributed by atoms with Crippen LogP contribution in [0.3, 0.4) is 0 Å². The molecule has 2 amide bonds. The van der Waals surface area contributed by atoms with Crippen molar-refractivity contribution in [2.75, 3.05) is 38.6 Å². The molecule has 0 aromatic heterocycles. The highest BCUT2D eigenvalue weighted by Gasteiger charge is 2.27. The fourth-order valence-corrected chi connectivity index (χ4v) is 4.07. The number of carbonyl (C=O) groups excluding carboxylic acids is 2. The van der Waals surface area contributed by atoms with Gasteiger partial charge in [0.2, 0.25) is 5.91 Å². The maximum Gasteiger partial charge on any atom is 0.251 e. The summed E-state index contributed by atoms with van der Waals surface area (Å²) >= 11 is 12.8. The van der Waals surface area contributed by atoms with Crippen LogP contribution >= 0.6 is 23.2 Å². The van der Waals surface area contributed by atoms with Crippen LogP contribution in [0, 0.1) is 11.6 Å². The van der Waals surface area contributed by atoms with E-state index in [-0.39, 0.29) is 46.0 Å². The van der Waals surface area contributed by atoms with Crippen LogP contribution in [0.1, 0.15) is 28.8 Å². The average molecular weight is 482 g/mol. The molecule has 1 saturated heterocycles. The lowest BCUT2D eigenvalue weighted by molar-refractivity contribution is -0.119. The summed E-state index contributed by atoms with van der Waals surface area (Å²) in [6.07, 6.45) is 2.23. The number of hydrogen-bond acceptors (Lipinski definition) is 3. The highest BCUT2D eigenvalue weighted by Crippen LogP contribution is 2.38. The Morgan fingerprint density at radius 2 is 1.84 bits per heavy atom. The van der Waals surface area contributed by atoms with E-state index >= 15 is 0 Å². The van der Waals surface area contributed by atoms with Gasteiger partial charge in [-0.05, 0) is 50.4 Å². The lowest BCUT2D eigenvalue weighted by Gasteiger charge is -2.30. The summed E-state index contributed by atoms with van der Waals surface area (Å²) in [6, 6.07) is 6.28. The average Bonchev–Trinajstić information content (AvgIpc) is 2.71. The summed E-state index contributed by atoms with van der Waals surface area (Å²) in [5.41, 5.74) is 1.59. The standard InChI is InChI=1S/C23H23Cl2F2N3O2/c1-29(2)8-7-28-23(32)16-10-18(24)22(19(25)11-16)30-13-14(3-6-21(30)31)9-15-4-5-17(26)12-20(15)27/h4-5,9-12H,3,6-8,13H2,1-2H3,(H,28,32)/b14-9+. The molecule has 0 aliphatic carbocycles. The Morgan fingerprint density at radius 1 is 1.16 bits per heavy atom. The van der Waals surface area contributed by atoms with E-state index in [0.717, 1.165) is 11.6 Å². The van der Waals surface area contributed by atoms with E-state index in [0.29, 0.717) is 25.2 Å². The zero-order valence-corrected chi connectivity index (χ0v) is 19.2. The van der Waals surface area contributed by atoms with Gasteiger partial charge in [0, 0.05) is 43.2 Å².